The third-order valence-electron chi connectivity index (χ3n) is 3.08. The number of nitrogens with zero attached hydrogens (tertiary/aromatic N) is 1. The van der Waals surface area contributed by atoms with Crippen LogP contribution in [0.15, 0.2) is 12.1 Å². The molecule has 1 amide bonds. The highest BCUT2D eigenvalue weighted by molar-refractivity contribution is 6.44. The fourth-order valence-corrected chi connectivity index (χ4v) is 2.55. The summed E-state index contributed by atoms with van der Waals surface area (Å²) in [5.74, 6) is -0.189. The van der Waals surface area contributed by atoms with E-state index in [1.807, 2.05) is 4.90 Å². The zero-order valence-electron chi connectivity index (χ0n) is 10.7. The molecule has 0 aliphatic heterocycles. The van der Waals surface area contributed by atoms with Gasteiger partial charge in [0, 0.05) is 12.6 Å². The average molecular weight is 338 g/mol. The fourth-order valence-electron chi connectivity index (χ4n) is 1.95. The van der Waals surface area contributed by atoms with Crippen molar-refractivity contribution in [3.8, 4) is 0 Å². The number of anilines is 1. The molecule has 1 aliphatic carbocycles. The molecule has 1 aliphatic rings. The number of hydrogen-bond donors (Lipinski definition) is 2. The first-order valence-electron chi connectivity index (χ1n) is 6.30. The van der Waals surface area contributed by atoms with Crippen LogP contribution in [-0.4, -0.2) is 41.7 Å². The Morgan fingerprint density at radius 3 is 2.50 bits per heavy atom. The van der Waals surface area contributed by atoms with Gasteiger partial charge in [-0.15, -0.1) is 0 Å². The van der Waals surface area contributed by atoms with Crippen LogP contribution in [0.4, 0.5) is 5.69 Å². The standard InChI is InChI=1S/C13H15Cl3N2O2/c14-9-5-11(16)12(6-10(9)15)17-13(20)7-18(3-4-19)8-1-2-8/h5-6,8,19H,1-4,7H2,(H,17,20). The van der Waals surface area contributed by atoms with Crippen LogP contribution in [0.1, 0.15) is 12.8 Å². The van der Waals surface area contributed by atoms with Gasteiger partial charge in [0.2, 0.25) is 5.91 Å². The molecule has 0 aromatic heterocycles. The van der Waals surface area contributed by atoms with Crippen LogP contribution in [-0.2, 0) is 4.79 Å². The lowest BCUT2D eigenvalue weighted by molar-refractivity contribution is -0.117. The van der Waals surface area contributed by atoms with E-state index in [-0.39, 0.29) is 19.1 Å². The highest BCUT2D eigenvalue weighted by Crippen LogP contribution is 2.32. The smallest absolute Gasteiger partial charge is 0.238 e. The highest BCUT2D eigenvalue weighted by atomic mass is 35.5. The molecule has 2 N–H and O–H groups in total. The van der Waals surface area contributed by atoms with E-state index in [1.165, 1.54) is 12.1 Å². The number of halogens is 3. The molecule has 0 saturated heterocycles. The first-order valence-corrected chi connectivity index (χ1v) is 7.44. The van der Waals surface area contributed by atoms with Crippen molar-refractivity contribution >= 4 is 46.4 Å². The highest BCUT2D eigenvalue weighted by Gasteiger charge is 2.29. The predicted molar refractivity (Wildman–Crippen MR) is 81.8 cm³/mol. The lowest BCUT2D eigenvalue weighted by atomic mass is 10.3. The average Bonchev–Trinajstić information content (AvgIpc) is 3.19. The van der Waals surface area contributed by atoms with Crippen molar-refractivity contribution in [1.82, 2.24) is 4.90 Å². The van der Waals surface area contributed by atoms with Crippen LogP contribution in [0.25, 0.3) is 0 Å². The van der Waals surface area contributed by atoms with Gasteiger partial charge in [-0.3, -0.25) is 9.69 Å². The van der Waals surface area contributed by atoms with E-state index < -0.39 is 0 Å². The minimum atomic E-state index is -0.189. The number of hydrogen-bond acceptors (Lipinski definition) is 3. The van der Waals surface area contributed by atoms with Gasteiger partial charge in [0.25, 0.3) is 0 Å². The monoisotopic (exact) mass is 336 g/mol. The summed E-state index contributed by atoms with van der Waals surface area (Å²) in [6.45, 7) is 0.756. The molecule has 1 saturated carbocycles. The van der Waals surface area contributed by atoms with Gasteiger partial charge in [-0.25, -0.2) is 0 Å². The van der Waals surface area contributed by atoms with E-state index in [1.54, 1.807) is 0 Å². The second-order valence-corrected chi connectivity index (χ2v) is 5.94. The molecule has 20 heavy (non-hydrogen) atoms. The van der Waals surface area contributed by atoms with E-state index in [9.17, 15) is 4.79 Å². The Bertz CT molecular complexity index is 507. The van der Waals surface area contributed by atoms with Gasteiger partial charge in [0.05, 0.1) is 33.9 Å². The number of rotatable bonds is 6. The van der Waals surface area contributed by atoms with Crippen molar-refractivity contribution in [3.05, 3.63) is 27.2 Å². The second-order valence-electron chi connectivity index (χ2n) is 4.72. The summed E-state index contributed by atoms with van der Waals surface area (Å²) in [4.78, 5) is 14.0. The molecule has 7 heteroatoms. The number of aliphatic hydroxyl groups excluding tert-OH is 1. The molecular formula is C13H15Cl3N2O2. The molecule has 0 atom stereocenters. The molecule has 0 spiro atoms. The second kappa shape index (κ2) is 6.96. The first kappa shape index (κ1) is 15.9. The van der Waals surface area contributed by atoms with Crippen LogP contribution in [0.3, 0.4) is 0 Å². The molecule has 0 bridgehead atoms. The number of carbonyl (C=O) groups excluding carboxylic acids is 1. The molecule has 110 valence electrons. The molecule has 2 rings (SSSR count). The minimum Gasteiger partial charge on any atom is -0.395 e. The first-order chi connectivity index (χ1) is 9.51. The van der Waals surface area contributed by atoms with Crippen LogP contribution >= 0.6 is 34.8 Å². The van der Waals surface area contributed by atoms with E-state index in [4.69, 9.17) is 39.9 Å². The van der Waals surface area contributed by atoms with Gasteiger partial charge >= 0.3 is 0 Å². The van der Waals surface area contributed by atoms with Gasteiger partial charge < -0.3 is 10.4 Å². The molecule has 1 aromatic carbocycles. The minimum absolute atomic E-state index is 0.0390. The summed E-state index contributed by atoms with van der Waals surface area (Å²) in [7, 11) is 0. The van der Waals surface area contributed by atoms with Crippen LogP contribution in [0.2, 0.25) is 15.1 Å². The molecule has 0 radical (unpaired) electrons. The maximum Gasteiger partial charge on any atom is 0.238 e. The Hall–Kier alpha value is -0.520. The van der Waals surface area contributed by atoms with Crippen molar-refractivity contribution in [1.29, 1.82) is 0 Å². The number of nitrogens with one attached hydrogen (secondary N) is 1. The van der Waals surface area contributed by atoms with Crippen LogP contribution in [0, 0.1) is 0 Å². The molecular weight excluding hydrogens is 323 g/mol. The predicted octanol–water partition coefficient (Wildman–Crippen LogP) is 3.04. The lowest BCUT2D eigenvalue weighted by Crippen LogP contribution is -2.36. The number of benzene rings is 1. The Labute approximate surface area is 132 Å². The van der Waals surface area contributed by atoms with Crippen molar-refractivity contribution in [3.63, 3.8) is 0 Å². The van der Waals surface area contributed by atoms with Crippen molar-refractivity contribution < 1.29 is 9.90 Å². The van der Waals surface area contributed by atoms with Gasteiger partial charge in [-0.1, -0.05) is 34.8 Å². The van der Waals surface area contributed by atoms with Gasteiger partial charge in [-0.2, -0.15) is 0 Å². The molecule has 1 aromatic rings. The third-order valence-corrected chi connectivity index (χ3v) is 4.12. The molecule has 0 heterocycles. The summed E-state index contributed by atoms with van der Waals surface area (Å²) in [5.41, 5.74) is 0.436. The maximum absolute atomic E-state index is 12.0. The quantitative estimate of drug-likeness (QED) is 0.785. The van der Waals surface area contributed by atoms with Gasteiger partial charge in [-0.05, 0) is 25.0 Å². The van der Waals surface area contributed by atoms with E-state index in [0.29, 0.717) is 33.3 Å². The largest absolute Gasteiger partial charge is 0.395 e. The Balaban J connectivity index is 1.98. The zero-order valence-corrected chi connectivity index (χ0v) is 13.0. The number of aliphatic hydroxyl groups is 1. The molecule has 4 nitrogen and oxygen atoms in total. The summed E-state index contributed by atoms with van der Waals surface area (Å²) < 4.78 is 0. The summed E-state index contributed by atoms with van der Waals surface area (Å²) in [6, 6.07) is 3.42. The maximum atomic E-state index is 12.0. The van der Waals surface area contributed by atoms with Crippen LogP contribution < -0.4 is 5.32 Å². The van der Waals surface area contributed by atoms with Crippen molar-refractivity contribution in [2.45, 2.75) is 18.9 Å². The topological polar surface area (TPSA) is 52.6 Å². The lowest BCUT2D eigenvalue weighted by Gasteiger charge is -2.20. The molecule has 0 unspecified atom stereocenters. The Kier molecular flexibility index (Phi) is 5.52. The molecule has 1 fully saturated rings. The number of amides is 1. The van der Waals surface area contributed by atoms with Crippen LogP contribution in [0.5, 0.6) is 0 Å². The van der Waals surface area contributed by atoms with E-state index in [2.05, 4.69) is 5.32 Å². The van der Waals surface area contributed by atoms with E-state index in [0.717, 1.165) is 12.8 Å². The zero-order chi connectivity index (χ0) is 14.7. The summed E-state index contributed by atoms with van der Waals surface area (Å²) >= 11 is 17.7. The Morgan fingerprint density at radius 2 is 1.90 bits per heavy atom. The SMILES string of the molecule is O=C(CN(CCO)C1CC1)Nc1cc(Cl)c(Cl)cc1Cl. The Morgan fingerprint density at radius 1 is 1.25 bits per heavy atom. The normalized spacial score (nSPS) is 14.7. The summed E-state index contributed by atoms with van der Waals surface area (Å²) in [5, 5.41) is 12.7. The van der Waals surface area contributed by atoms with Gasteiger partial charge in [0.1, 0.15) is 0 Å². The fraction of sp³-hybridized carbons (Fsp3) is 0.462. The summed E-state index contributed by atoms with van der Waals surface area (Å²) in [6.07, 6.45) is 2.14. The van der Waals surface area contributed by atoms with Crippen molar-refractivity contribution in [2.24, 2.45) is 0 Å². The third kappa shape index (κ3) is 4.24. The van der Waals surface area contributed by atoms with E-state index >= 15 is 0 Å². The van der Waals surface area contributed by atoms with Crippen molar-refractivity contribution in [2.75, 3.05) is 25.0 Å². The van der Waals surface area contributed by atoms with Gasteiger partial charge in [0.15, 0.2) is 0 Å². The number of carbonyl (C=O) groups is 1.